The maximum absolute atomic E-state index is 9.26. The number of benzene rings is 1. The summed E-state index contributed by atoms with van der Waals surface area (Å²) < 4.78 is 5.28. The first-order valence-corrected chi connectivity index (χ1v) is 7.09. The standard InChI is InChI=1S/C15H20N4O/c1-20-14-3-2-12(9-16)15(8-14)19-6-4-18(5-7-19)13-10-17-11-13/h2-3,8,13,17H,4-7,10-11H2,1H3. The van der Waals surface area contributed by atoms with Gasteiger partial charge in [0, 0.05) is 51.4 Å². The largest absolute Gasteiger partial charge is 0.497 e. The molecule has 5 nitrogen and oxygen atoms in total. The van der Waals surface area contributed by atoms with E-state index in [4.69, 9.17) is 4.74 Å². The fourth-order valence-corrected chi connectivity index (χ4v) is 2.85. The average Bonchev–Trinajstić information content (AvgIpc) is 2.45. The van der Waals surface area contributed by atoms with Gasteiger partial charge in [-0.2, -0.15) is 5.26 Å². The van der Waals surface area contributed by atoms with Crippen molar-refractivity contribution in [3.63, 3.8) is 0 Å². The number of ether oxygens (including phenoxy) is 1. The molecular formula is C15H20N4O. The molecule has 0 spiro atoms. The highest BCUT2D eigenvalue weighted by Crippen LogP contribution is 2.27. The molecule has 0 bridgehead atoms. The van der Waals surface area contributed by atoms with Crippen LogP contribution in [0.5, 0.6) is 5.75 Å². The van der Waals surface area contributed by atoms with Gasteiger partial charge >= 0.3 is 0 Å². The van der Waals surface area contributed by atoms with Crippen molar-refractivity contribution >= 4 is 5.69 Å². The van der Waals surface area contributed by atoms with Gasteiger partial charge in [0.25, 0.3) is 0 Å². The first kappa shape index (κ1) is 13.2. The van der Waals surface area contributed by atoms with E-state index < -0.39 is 0 Å². The summed E-state index contributed by atoms with van der Waals surface area (Å²) >= 11 is 0. The molecule has 20 heavy (non-hydrogen) atoms. The number of methoxy groups -OCH3 is 1. The zero-order valence-electron chi connectivity index (χ0n) is 11.8. The van der Waals surface area contributed by atoms with Gasteiger partial charge in [-0.3, -0.25) is 4.90 Å². The van der Waals surface area contributed by atoms with Gasteiger partial charge in [0.2, 0.25) is 0 Å². The molecule has 2 saturated heterocycles. The molecule has 1 aromatic carbocycles. The van der Waals surface area contributed by atoms with Gasteiger partial charge in [0.15, 0.2) is 0 Å². The van der Waals surface area contributed by atoms with Crippen LogP contribution in [0.3, 0.4) is 0 Å². The van der Waals surface area contributed by atoms with Crippen LogP contribution in [-0.4, -0.2) is 57.3 Å². The number of piperazine rings is 1. The zero-order valence-corrected chi connectivity index (χ0v) is 11.8. The van der Waals surface area contributed by atoms with Crippen molar-refractivity contribution in [3.05, 3.63) is 23.8 Å². The highest BCUT2D eigenvalue weighted by Gasteiger charge is 2.28. The molecule has 2 fully saturated rings. The number of nitrogens with one attached hydrogen (secondary N) is 1. The predicted octanol–water partition coefficient (Wildman–Crippen LogP) is 0.661. The molecule has 2 aliphatic heterocycles. The Bertz CT molecular complexity index is 513. The molecule has 5 heteroatoms. The molecule has 0 saturated carbocycles. The Hall–Kier alpha value is -1.77. The summed E-state index contributed by atoms with van der Waals surface area (Å²) in [6.45, 7) is 6.30. The lowest BCUT2D eigenvalue weighted by Gasteiger charge is -2.44. The van der Waals surface area contributed by atoms with Crippen LogP contribution in [0.4, 0.5) is 5.69 Å². The third kappa shape index (κ3) is 2.45. The summed E-state index contributed by atoms with van der Waals surface area (Å²) in [6.07, 6.45) is 0. The lowest BCUT2D eigenvalue weighted by Crippen LogP contribution is -2.61. The second-order valence-corrected chi connectivity index (χ2v) is 5.33. The zero-order chi connectivity index (χ0) is 13.9. The third-order valence-corrected chi connectivity index (χ3v) is 4.26. The summed E-state index contributed by atoms with van der Waals surface area (Å²) in [4.78, 5) is 4.84. The highest BCUT2D eigenvalue weighted by molar-refractivity contribution is 5.62. The number of anilines is 1. The van der Waals surface area contributed by atoms with Gasteiger partial charge in [-0.25, -0.2) is 0 Å². The monoisotopic (exact) mass is 272 g/mol. The van der Waals surface area contributed by atoms with E-state index >= 15 is 0 Å². The quantitative estimate of drug-likeness (QED) is 0.876. The summed E-state index contributed by atoms with van der Waals surface area (Å²) in [7, 11) is 1.66. The Labute approximate surface area is 119 Å². The Kier molecular flexibility index (Phi) is 3.77. The summed E-state index contributed by atoms with van der Waals surface area (Å²) in [6, 6.07) is 8.65. The molecule has 0 radical (unpaired) electrons. The van der Waals surface area contributed by atoms with E-state index in [-0.39, 0.29) is 0 Å². The van der Waals surface area contributed by atoms with Crippen LogP contribution >= 0.6 is 0 Å². The lowest BCUT2D eigenvalue weighted by molar-refractivity contribution is 0.138. The number of hydrogen-bond donors (Lipinski definition) is 1. The van der Waals surface area contributed by atoms with Crippen molar-refractivity contribution in [1.82, 2.24) is 10.2 Å². The van der Waals surface area contributed by atoms with E-state index in [2.05, 4.69) is 21.2 Å². The van der Waals surface area contributed by atoms with Gasteiger partial charge in [0.1, 0.15) is 11.8 Å². The second kappa shape index (κ2) is 5.70. The smallest absolute Gasteiger partial charge is 0.121 e. The number of nitriles is 1. The Balaban J connectivity index is 1.72. The molecule has 0 aromatic heterocycles. The van der Waals surface area contributed by atoms with Crippen LogP contribution in [0.2, 0.25) is 0 Å². The molecule has 2 heterocycles. The minimum Gasteiger partial charge on any atom is -0.497 e. The van der Waals surface area contributed by atoms with E-state index in [1.807, 2.05) is 18.2 Å². The number of nitrogens with zero attached hydrogens (tertiary/aromatic N) is 3. The Morgan fingerprint density at radius 2 is 2.00 bits per heavy atom. The Morgan fingerprint density at radius 1 is 1.25 bits per heavy atom. The third-order valence-electron chi connectivity index (χ3n) is 4.26. The molecule has 0 unspecified atom stereocenters. The van der Waals surface area contributed by atoms with Gasteiger partial charge in [-0.1, -0.05) is 0 Å². The Morgan fingerprint density at radius 3 is 2.55 bits per heavy atom. The van der Waals surface area contributed by atoms with E-state index in [0.29, 0.717) is 6.04 Å². The van der Waals surface area contributed by atoms with E-state index in [1.165, 1.54) is 0 Å². The van der Waals surface area contributed by atoms with Crippen LogP contribution in [0.1, 0.15) is 5.56 Å². The van der Waals surface area contributed by atoms with Crippen molar-refractivity contribution in [2.75, 3.05) is 51.3 Å². The van der Waals surface area contributed by atoms with Crippen LogP contribution in [0.15, 0.2) is 18.2 Å². The first-order valence-electron chi connectivity index (χ1n) is 7.09. The maximum Gasteiger partial charge on any atom is 0.121 e. The molecule has 106 valence electrons. The fourth-order valence-electron chi connectivity index (χ4n) is 2.85. The van der Waals surface area contributed by atoms with Crippen LogP contribution < -0.4 is 15.0 Å². The molecule has 3 rings (SSSR count). The molecule has 0 amide bonds. The summed E-state index contributed by atoms with van der Waals surface area (Å²) in [5.41, 5.74) is 1.72. The van der Waals surface area contributed by atoms with E-state index in [0.717, 1.165) is 56.3 Å². The van der Waals surface area contributed by atoms with Crippen LogP contribution in [0, 0.1) is 11.3 Å². The van der Waals surface area contributed by atoms with Crippen LogP contribution in [0.25, 0.3) is 0 Å². The van der Waals surface area contributed by atoms with Crippen molar-refractivity contribution < 1.29 is 4.74 Å². The average molecular weight is 272 g/mol. The lowest BCUT2D eigenvalue weighted by atomic mass is 10.1. The number of rotatable bonds is 3. The van der Waals surface area contributed by atoms with E-state index in [9.17, 15) is 5.26 Å². The molecule has 1 aromatic rings. The SMILES string of the molecule is COc1ccc(C#N)c(N2CCN(C3CNC3)CC2)c1. The van der Waals surface area contributed by atoms with Crippen molar-refractivity contribution in [3.8, 4) is 11.8 Å². The second-order valence-electron chi connectivity index (χ2n) is 5.33. The highest BCUT2D eigenvalue weighted by atomic mass is 16.5. The fraction of sp³-hybridized carbons (Fsp3) is 0.533. The van der Waals surface area contributed by atoms with E-state index in [1.54, 1.807) is 7.11 Å². The van der Waals surface area contributed by atoms with Crippen LogP contribution in [-0.2, 0) is 0 Å². The molecular weight excluding hydrogens is 252 g/mol. The molecule has 2 aliphatic rings. The summed E-state index contributed by atoms with van der Waals surface area (Å²) in [5.74, 6) is 0.810. The molecule has 1 N–H and O–H groups in total. The minimum atomic E-state index is 0.706. The minimum absolute atomic E-state index is 0.706. The van der Waals surface area contributed by atoms with Crippen molar-refractivity contribution in [1.29, 1.82) is 5.26 Å². The topological polar surface area (TPSA) is 51.5 Å². The van der Waals surface area contributed by atoms with Crippen molar-refractivity contribution in [2.45, 2.75) is 6.04 Å². The van der Waals surface area contributed by atoms with Gasteiger partial charge in [-0.05, 0) is 12.1 Å². The maximum atomic E-state index is 9.26. The van der Waals surface area contributed by atoms with Crippen molar-refractivity contribution in [2.24, 2.45) is 0 Å². The predicted molar refractivity (Wildman–Crippen MR) is 78.2 cm³/mol. The van der Waals surface area contributed by atoms with Gasteiger partial charge in [-0.15, -0.1) is 0 Å². The van der Waals surface area contributed by atoms with Gasteiger partial charge in [0.05, 0.1) is 18.4 Å². The molecule has 0 aliphatic carbocycles. The number of hydrogen-bond acceptors (Lipinski definition) is 5. The normalized spacial score (nSPS) is 20.3. The first-order chi connectivity index (χ1) is 9.81. The van der Waals surface area contributed by atoms with Gasteiger partial charge < -0.3 is 15.0 Å². The summed E-state index contributed by atoms with van der Waals surface area (Å²) in [5, 5.41) is 12.6. The molecule has 0 atom stereocenters.